The maximum Gasteiger partial charge on any atom is 0.338 e. The molecule has 0 aliphatic carbocycles. The van der Waals surface area contributed by atoms with E-state index in [1.807, 2.05) is 6.07 Å². The Morgan fingerprint density at radius 3 is 2.28 bits per heavy atom. The molecule has 11 heteroatoms. The molecule has 0 spiro atoms. The first kappa shape index (κ1) is 23.4. The van der Waals surface area contributed by atoms with Crippen LogP contribution < -0.4 is 19.5 Å². The summed E-state index contributed by atoms with van der Waals surface area (Å²) in [4.78, 5) is 21.0. The van der Waals surface area contributed by atoms with Crippen LogP contribution in [-0.2, 0) is 14.8 Å². The molecule has 0 saturated carbocycles. The zero-order chi connectivity index (χ0) is 25.1. The number of esters is 1. The third-order valence-corrected chi connectivity index (χ3v) is 6.62. The van der Waals surface area contributed by atoms with Gasteiger partial charge < -0.3 is 19.5 Å². The highest BCUT2D eigenvalue weighted by Gasteiger charge is 2.22. The number of carbonyl (C=O) groups excluding carboxylic acids is 1. The second-order valence-corrected chi connectivity index (χ2v) is 9.43. The molecule has 1 aromatic heterocycles. The van der Waals surface area contributed by atoms with Gasteiger partial charge in [-0.1, -0.05) is 12.1 Å². The first-order valence-electron chi connectivity index (χ1n) is 11.2. The number of nitrogens with one attached hydrogen (secondary N) is 2. The number of fused-ring (bicyclic) bond motifs is 2. The molecule has 184 valence electrons. The zero-order valence-corrected chi connectivity index (χ0v) is 20.0. The van der Waals surface area contributed by atoms with E-state index in [-0.39, 0.29) is 23.1 Å². The molecule has 0 saturated heterocycles. The highest BCUT2D eigenvalue weighted by atomic mass is 32.2. The van der Waals surface area contributed by atoms with E-state index in [2.05, 4.69) is 20.0 Å². The largest absolute Gasteiger partial charge is 0.486 e. The van der Waals surface area contributed by atoms with Crippen molar-refractivity contribution in [2.45, 2.75) is 11.8 Å². The first-order chi connectivity index (χ1) is 17.4. The minimum atomic E-state index is -4.04. The minimum absolute atomic E-state index is 0.00792. The van der Waals surface area contributed by atoms with Gasteiger partial charge in [-0.2, -0.15) is 0 Å². The van der Waals surface area contributed by atoms with Crippen molar-refractivity contribution in [2.24, 2.45) is 0 Å². The van der Waals surface area contributed by atoms with Crippen LogP contribution in [0.5, 0.6) is 11.5 Å². The Labute approximate surface area is 207 Å². The van der Waals surface area contributed by atoms with Crippen LogP contribution in [0.15, 0.2) is 71.6 Å². The number of rotatable bonds is 7. The molecule has 2 N–H and O–H groups in total. The number of anilines is 3. The quantitative estimate of drug-likeness (QED) is 0.356. The number of sulfonamides is 1. The topological polar surface area (TPSA) is 129 Å². The van der Waals surface area contributed by atoms with Crippen molar-refractivity contribution in [1.82, 2.24) is 9.97 Å². The van der Waals surface area contributed by atoms with E-state index in [1.165, 1.54) is 12.1 Å². The van der Waals surface area contributed by atoms with Gasteiger partial charge in [0.1, 0.15) is 13.2 Å². The Bertz CT molecular complexity index is 1540. The molecule has 0 fully saturated rings. The van der Waals surface area contributed by atoms with Crippen LogP contribution in [0.3, 0.4) is 0 Å². The Balaban J connectivity index is 1.48. The number of ether oxygens (including phenoxy) is 3. The third-order valence-electron chi connectivity index (χ3n) is 5.28. The summed E-state index contributed by atoms with van der Waals surface area (Å²) in [6.45, 7) is 2.75. The van der Waals surface area contributed by atoms with Crippen LogP contribution in [0.25, 0.3) is 11.0 Å². The van der Waals surface area contributed by atoms with E-state index in [9.17, 15) is 13.2 Å². The maximum absolute atomic E-state index is 13.3. The van der Waals surface area contributed by atoms with Crippen molar-refractivity contribution >= 4 is 44.3 Å². The van der Waals surface area contributed by atoms with Crippen LogP contribution in [0.2, 0.25) is 0 Å². The normalized spacial score (nSPS) is 12.7. The van der Waals surface area contributed by atoms with Crippen LogP contribution in [-0.4, -0.2) is 44.2 Å². The lowest BCUT2D eigenvalue weighted by atomic mass is 10.2. The number of hydrogen-bond acceptors (Lipinski definition) is 9. The van der Waals surface area contributed by atoms with Gasteiger partial charge in [-0.3, -0.25) is 4.72 Å². The van der Waals surface area contributed by atoms with Gasteiger partial charge in [-0.05, 0) is 55.5 Å². The van der Waals surface area contributed by atoms with Crippen molar-refractivity contribution in [3.8, 4) is 11.5 Å². The molecule has 3 aromatic carbocycles. The highest BCUT2D eigenvalue weighted by molar-refractivity contribution is 7.92. The summed E-state index contributed by atoms with van der Waals surface area (Å²) in [5, 5.41) is 3.09. The minimum Gasteiger partial charge on any atom is -0.486 e. The van der Waals surface area contributed by atoms with E-state index < -0.39 is 16.0 Å². The second-order valence-electron chi connectivity index (χ2n) is 7.74. The molecule has 0 bridgehead atoms. The van der Waals surface area contributed by atoms with Crippen LogP contribution >= 0.6 is 0 Å². The lowest BCUT2D eigenvalue weighted by Gasteiger charge is -2.19. The predicted octanol–water partition coefficient (Wildman–Crippen LogP) is 4.12. The van der Waals surface area contributed by atoms with E-state index in [0.717, 1.165) is 0 Å². The molecule has 36 heavy (non-hydrogen) atoms. The summed E-state index contributed by atoms with van der Waals surface area (Å²) < 4.78 is 45.1. The molecule has 0 radical (unpaired) electrons. The number of carbonyl (C=O) groups is 1. The number of aromatic nitrogens is 2. The van der Waals surface area contributed by atoms with Gasteiger partial charge >= 0.3 is 5.97 Å². The van der Waals surface area contributed by atoms with Gasteiger partial charge in [0.25, 0.3) is 10.0 Å². The summed E-state index contributed by atoms with van der Waals surface area (Å²) in [7, 11) is -4.04. The van der Waals surface area contributed by atoms with Crippen molar-refractivity contribution < 1.29 is 27.4 Å². The molecule has 1 aliphatic rings. The number of para-hydroxylation sites is 2. The van der Waals surface area contributed by atoms with Crippen LogP contribution in [0.4, 0.5) is 17.3 Å². The molecule has 0 unspecified atom stereocenters. The van der Waals surface area contributed by atoms with Crippen molar-refractivity contribution in [1.29, 1.82) is 0 Å². The Morgan fingerprint density at radius 2 is 1.58 bits per heavy atom. The summed E-state index contributed by atoms with van der Waals surface area (Å²) >= 11 is 0. The second kappa shape index (κ2) is 9.70. The lowest BCUT2D eigenvalue weighted by molar-refractivity contribution is 0.0526. The Kier molecular flexibility index (Phi) is 6.30. The average Bonchev–Trinajstić information content (AvgIpc) is 2.89. The molecule has 2 heterocycles. The summed E-state index contributed by atoms with van der Waals surface area (Å²) in [5.41, 5.74) is 2.06. The average molecular weight is 507 g/mol. The van der Waals surface area contributed by atoms with Crippen LogP contribution in [0, 0.1) is 0 Å². The molecule has 5 rings (SSSR count). The van der Waals surface area contributed by atoms with E-state index in [4.69, 9.17) is 14.2 Å². The monoisotopic (exact) mass is 506 g/mol. The van der Waals surface area contributed by atoms with Gasteiger partial charge in [-0.15, -0.1) is 0 Å². The summed E-state index contributed by atoms with van der Waals surface area (Å²) in [6.07, 6.45) is 0. The molecule has 4 aromatic rings. The third kappa shape index (κ3) is 4.86. The van der Waals surface area contributed by atoms with Gasteiger partial charge in [0, 0.05) is 11.8 Å². The molecule has 1 aliphatic heterocycles. The molecule has 0 atom stereocenters. The van der Waals surface area contributed by atoms with Crippen molar-refractivity contribution in [3.05, 3.63) is 72.3 Å². The van der Waals surface area contributed by atoms with Gasteiger partial charge in [0.2, 0.25) is 0 Å². The Hall–Kier alpha value is -4.38. The van der Waals surface area contributed by atoms with Gasteiger partial charge in [0.05, 0.1) is 28.1 Å². The fourth-order valence-corrected chi connectivity index (χ4v) is 4.60. The maximum atomic E-state index is 13.3. The van der Waals surface area contributed by atoms with Crippen molar-refractivity contribution in [3.63, 3.8) is 0 Å². The number of hydrogen-bond donors (Lipinski definition) is 2. The molecule has 0 amide bonds. The standard InChI is InChI=1S/C25H22N4O6S/c1-2-33-25(30)16-7-9-17(10-8-16)26-23-24(28-20-6-4-3-5-19(20)27-23)29-36(31,32)18-11-12-21-22(15-18)35-14-13-34-21/h3-12,15H,2,13-14H2,1H3,(H,26,27)(H,28,29). The number of nitrogens with zero attached hydrogens (tertiary/aromatic N) is 2. The van der Waals surface area contributed by atoms with E-state index in [0.29, 0.717) is 47.0 Å². The Morgan fingerprint density at radius 1 is 0.917 bits per heavy atom. The van der Waals surface area contributed by atoms with E-state index >= 15 is 0 Å². The molecule has 10 nitrogen and oxygen atoms in total. The fourth-order valence-electron chi connectivity index (χ4n) is 3.58. The molecular weight excluding hydrogens is 484 g/mol. The number of benzene rings is 3. The fraction of sp³-hybridized carbons (Fsp3) is 0.160. The zero-order valence-electron chi connectivity index (χ0n) is 19.2. The SMILES string of the molecule is CCOC(=O)c1ccc(Nc2nc3ccccc3nc2NS(=O)(=O)c2ccc3c(c2)OCCO3)cc1. The van der Waals surface area contributed by atoms with Gasteiger partial charge in [-0.25, -0.2) is 23.2 Å². The summed E-state index contributed by atoms with van der Waals surface area (Å²) in [6, 6.07) is 18.1. The summed E-state index contributed by atoms with van der Waals surface area (Å²) in [5.74, 6) is 0.618. The van der Waals surface area contributed by atoms with Crippen molar-refractivity contribution in [2.75, 3.05) is 29.9 Å². The highest BCUT2D eigenvalue weighted by Crippen LogP contribution is 2.33. The predicted molar refractivity (Wildman–Crippen MR) is 133 cm³/mol. The van der Waals surface area contributed by atoms with E-state index in [1.54, 1.807) is 55.5 Å². The van der Waals surface area contributed by atoms with Gasteiger partial charge in [0.15, 0.2) is 23.1 Å². The lowest BCUT2D eigenvalue weighted by Crippen LogP contribution is -2.18. The smallest absolute Gasteiger partial charge is 0.338 e. The first-order valence-corrected chi connectivity index (χ1v) is 12.6. The van der Waals surface area contributed by atoms with Crippen LogP contribution in [0.1, 0.15) is 17.3 Å². The molecular formula is C25H22N4O6S.